The van der Waals surface area contributed by atoms with E-state index in [0.717, 1.165) is 28.8 Å². The smallest absolute Gasteiger partial charge is 0.246 e. The van der Waals surface area contributed by atoms with Crippen molar-refractivity contribution in [2.24, 2.45) is 17.8 Å². The number of rotatable bonds is 4. The summed E-state index contributed by atoms with van der Waals surface area (Å²) >= 11 is 0. The highest BCUT2D eigenvalue weighted by Crippen LogP contribution is 2.49. The summed E-state index contributed by atoms with van der Waals surface area (Å²) in [5.74, 6) is 0.259. The predicted octanol–water partition coefficient (Wildman–Crippen LogP) is 2.62. The van der Waals surface area contributed by atoms with E-state index in [1.807, 2.05) is 0 Å². The molecule has 3 aliphatic rings. The number of benzene rings is 1. The number of carbonyl (C=O) groups excluding carboxylic acids is 1. The van der Waals surface area contributed by atoms with Crippen LogP contribution in [0.25, 0.3) is 0 Å². The lowest BCUT2D eigenvalue weighted by atomic mass is 9.86. The van der Waals surface area contributed by atoms with Crippen molar-refractivity contribution in [3.8, 4) is 0 Å². The largest absolute Gasteiger partial charge is 0.340 e. The van der Waals surface area contributed by atoms with Gasteiger partial charge in [0.1, 0.15) is 16.5 Å². The molecule has 3 atom stereocenters. The molecule has 2 saturated carbocycles. The van der Waals surface area contributed by atoms with Gasteiger partial charge in [-0.25, -0.2) is 17.2 Å². The molecular formula is C19H24F2N2O3S. The van der Waals surface area contributed by atoms with Crippen LogP contribution in [0.5, 0.6) is 0 Å². The van der Waals surface area contributed by atoms with Crippen LogP contribution in [-0.4, -0.2) is 49.7 Å². The minimum Gasteiger partial charge on any atom is -0.340 e. The van der Waals surface area contributed by atoms with Crippen molar-refractivity contribution in [3.05, 3.63) is 29.8 Å². The summed E-state index contributed by atoms with van der Waals surface area (Å²) in [5, 5.41) is 0. The third kappa shape index (κ3) is 3.61. The van der Waals surface area contributed by atoms with Gasteiger partial charge < -0.3 is 4.90 Å². The lowest BCUT2D eigenvalue weighted by Gasteiger charge is -2.35. The van der Waals surface area contributed by atoms with Gasteiger partial charge in [-0.1, -0.05) is 6.42 Å². The molecule has 3 fully saturated rings. The minimum absolute atomic E-state index is 0.0848. The van der Waals surface area contributed by atoms with E-state index < -0.39 is 26.6 Å². The lowest BCUT2D eigenvalue weighted by molar-refractivity contribution is -0.133. The second-order valence-electron chi connectivity index (χ2n) is 8.00. The molecule has 0 radical (unpaired) electrons. The molecule has 1 aliphatic heterocycles. The first-order valence-electron chi connectivity index (χ1n) is 9.57. The molecule has 1 aromatic rings. The highest BCUT2D eigenvalue weighted by atomic mass is 32.2. The summed E-state index contributed by atoms with van der Waals surface area (Å²) in [6.45, 7) is 0.771. The molecule has 0 N–H and O–H groups in total. The number of amides is 1. The van der Waals surface area contributed by atoms with Crippen molar-refractivity contribution in [2.75, 3.05) is 26.2 Å². The molecule has 1 aromatic carbocycles. The van der Waals surface area contributed by atoms with E-state index in [1.54, 1.807) is 4.90 Å². The number of sulfonamides is 1. The molecule has 2 aliphatic carbocycles. The van der Waals surface area contributed by atoms with Crippen LogP contribution in [0.4, 0.5) is 8.78 Å². The normalized spacial score (nSPS) is 28.7. The van der Waals surface area contributed by atoms with Crippen LogP contribution >= 0.6 is 0 Å². The van der Waals surface area contributed by atoms with Gasteiger partial charge in [-0.2, -0.15) is 4.31 Å². The number of halogens is 2. The number of piperazine rings is 1. The monoisotopic (exact) mass is 398 g/mol. The van der Waals surface area contributed by atoms with E-state index in [1.165, 1.54) is 19.3 Å². The zero-order valence-corrected chi connectivity index (χ0v) is 15.9. The maximum Gasteiger partial charge on any atom is 0.246 e. The second kappa shape index (κ2) is 7.13. The molecule has 148 valence electrons. The van der Waals surface area contributed by atoms with Gasteiger partial charge in [-0.3, -0.25) is 4.79 Å². The topological polar surface area (TPSA) is 57.7 Å². The summed E-state index contributed by atoms with van der Waals surface area (Å²) < 4.78 is 53.6. The van der Waals surface area contributed by atoms with Crippen molar-refractivity contribution < 1.29 is 22.0 Å². The van der Waals surface area contributed by atoms with Gasteiger partial charge >= 0.3 is 0 Å². The average Bonchev–Trinajstić information content (AvgIpc) is 3.27. The fourth-order valence-corrected chi connectivity index (χ4v) is 6.47. The Morgan fingerprint density at radius 2 is 1.81 bits per heavy atom. The number of carbonyl (C=O) groups is 1. The molecule has 2 bridgehead atoms. The van der Waals surface area contributed by atoms with Gasteiger partial charge in [0.05, 0.1) is 0 Å². The Kier molecular flexibility index (Phi) is 4.96. The van der Waals surface area contributed by atoms with Gasteiger partial charge in [0.2, 0.25) is 15.9 Å². The Hall–Kier alpha value is -1.54. The van der Waals surface area contributed by atoms with Crippen LogP contribution in [0.15, 0.2) is 23.1 Å². The highest BCUT2D eigenvalue weighted by Gasteiger charge is 2.41. The standard InChI is InChI=1S/C19H24F2N2O3S/c20-16-3-4-17(21)18(12-16)27(25,26)23-7-5-22(6-8-23)19(24)11-15-10-13-1-2-14(15)9-13/h3-4,12-15H,1-2,5-11H2/t13-,14+,15-/m0/s1. The molecule has 1 saturated heterocycles. The van der Waals surface area contributed by atoms with E-state index in [9.17, 15) is 22.0 Å². The van der Waals surface area contributed by atoms with Crippen molar-refractivity contribution >= 4 is 15.9 Å². The number of nitrogens with zero attached hydrogens (tertiary/aromatic N) is 2. The number of hydrogen-bond acceptors (Lipinski definition) is 3. The molecule has 1 heterocycles. The van der Waals surface area contributed by atoms with Gasteiger partial charge in [0, 0.05) is 32.6 Å². The van der Waals surface area contributed by atoms with Crippen molar-refractivity contribution in [1.29, 1.82) is 0 Å². The number of hydrogen-bond donors (Lipinski definition) is 0. The van der Waals surface area contributed by atoms with Gasteiger partial charge in [-0.15, -0.1) is 0 Å². The van der Waals surface area contributed by atoms with Crippen molar-refractivity contribution in [2.45, 2.75) is 37.0 Å². The first kappa shape index (κ1) is 18.8. The Bertz CT molecular complexity index is 837. The Morgan fingerprint density at radius 3 is 2.44 bits per heavy atom. The molecular weight excluding hydrogens is 374 g/mol. The SMILES string of the molecule is O=C(C[C@@H]1C[C@H]2CC[C@@H]1C2)N1CCN(S(=O)(=O)c2cc(F)ccc2F)CC1. The van der Waals surface area contributed by atoms with Crippen molar-refractivity contribution in [3.63, 3.8) is 0 Å². The van der Waals surface area contributed by atoms with Crippen LogP contribution in [0.1, 0.15) is 32.1 Å². The Labute approximate surface area is 158 Å². The first-order chi connectivity index (χ1) is 12.8. The molecule has 8 heteroatoms. The van der Waals surface area contributed by atoms with Gasteiger partial charge in [0.15, 0.2) is 0 Å². The highest BCUT2D eigenvalue weighted by molar-refractivity contribution is 7.89. The van der Waals surface area contributed by atoms with Crippen molar-refractivity contribution in [1.82, 2.24) is 9.21 Å². The van der Waals surface area contributed by atoms with E-state index in [-0.39, 0.29) is 32.1 Å². The molecule has 5 nitrogen and oxygen atoms in total. The van der Waals surface area contributed by atoms with Crippen LogP contribution in [0, 0.1) is 29.4 Å². The van der Waals surface area contributed by atoms with E-state index in [0.29, 0.717) is 24.3 Å². The van der Waals surface area contributed by atoms with Crippen LogP contribution in [0.2, 0.25) is 0 Å². The summed E-state index contributed by atoms with van der Waals surface area (Å²) in [6.07, 6.45) is 5.47. The third-order valence-electron chi connectivity index (χ3n) is 6.42. The maximum absolute atomic E-state index is 13.9. The molecule has 1 amide bonds. The van der Waals surface area contributed by atoms with Gasteiger partial charge in [0.25, 0.3) is 0 Å². The quantitative estimate of drug-likeness (QED) is 0.784. The zero-order chi connectivity index (χ0) is 19.2. The van der Waals surface area contributed by atoms with E-state index in [4.69, 9.17) is 0 Å². The maximum atomic E-state index is 13.9. The molecule has 0 aromatic heterocycles. The molecule has 4 rings (SSSR count). The fourth-order valence-electron chi connectivity index (χ4n) is 4.97. The molecule has 0 unspecified atom stereocenters. The second-order valence-corrected chi connectivity index (χ2v) is 9.91. The number of fused-ring (bicyclic) bond motifs is 2. The first-order valence-corrected chi connectivity index (χ1v) is 11.0. The molecule has 0 spiro atoms. The van der Waals surface area contributed by atoms with Crippen LogP contribution in [0.3, 0.4) is 0 Å². The van der Waals surface area contributed by atoms with E-state index in [2.05, 4.69) is 0 Å². The Morgan fingerprint density at radius 1 is 1.07 bits per heavy atom. The Balaban J connectivity index is 1.37. The van der Waals surface area contributed by atoms with Crippen LogP contribution in [-0.2, 0) is 14.8 Å². The summed E-state index contributed by atoms with van der Waals surface area (Å²) in [4.78, 5) is 13.7. The third-order valence-corrected chi connectivity index (χ3v) is 8.34. The lowest BCUT2D eigenvalue weighted by Crippen LogP contribution is -2.51. The predicted molar refractivity (Wildman–Crippen MR) is 95.3 cm³/mol. The summed E-state index contributed by atoms with van der Waals surface area (Å²) in [6, 6.07) is 2.41. The van der Waals surface area contributed by atoms with Crippen LogP contribution < -0.4 is 0 Å². The average molecular weight is 398 g/mol. The van der Waals surface area contributed by atoms with Gasteiger partial charge in [-0.05, 0) is 55.2 Å². The zero-order valence-electron chi connectivity index (χ0n) is 15.1. The summed E-state index contributed by atoms with van der Waals surface area (Å²) in [7, 11) is -4.11. The summed E-state index contributed by atoms with van der Waals surface area (Å²) in [5.41, 5.74) is 0. The van der Waals surface area contributed by atoms with E-state index >= 15 is 0 Å². The molecule has 27 heavy (non-hydrogen) atoms. The fraction of sp³-hybridized carbons (Fsp3) is 0.632. The minimum atomic E-state index is -4.11.